The maximum Gasteiger partial charge on any atom is 0.231 e. The highest BCUT2D eigenvalue weighted by atomic mass is 16.5. The standard InChI is InChI=1S/C26H35N7O/c1-18-17-20(7-6-12-33-13-15-34-16-14-33)10-11-22(18)30-26-31-24-23(27-19(2)28-24)25(32-26)29-21-8-4-3-5-9-21/h6-7,10-11,17,21H,3-5,8-9,12-16H2,1-2H3,(H3,27,28,29,30,31,32)/b7-6+. The highest BCUT2D eigenvalue weighted by Crippen LogP contribution is 2.27. The van der Waals surface area contributed by atoms with Crippen molar-refractivity contribution in [2.24, 2.45) is 0 Å². The number of nitrogens with one attached hydrogen (secondary N) is 3. The van der Waals surface area contributed by atoms with Crippen molar-refractivity contribution < 1.29 is 4.74 Å². The third kappa shape index (κ3) is 5.56. The molecule has 0 radical (unpaired) electrons. The summed E-state index contributed by atoms with van der Waals surface area (Å²) in [4.78, 5) is 19.8. The number of aryl methyl sites for hydroxylation is 2. The number of aromatic amines is 1. The van der Waals surface area contributed by atoms with Crippen LogP contribution in [0.2, 0.25) is 0 Å². The van der Waals surface area contributed by atoms with Gasteiger partial charge in [0.2, 0.25) is 5.95 Å². The molecule has 1 aliphatic heterocycles. The predicted octanol–water partition coefficient (Wildman–Crippen LogP) is 4.80. The van der Waals surface area contributed by atoms with Gasteiger partial charge in [0.25, 0.3) is 0 Å². The van der Waals surface area contributed by atoms with E-state index in [-0.39, 0.29) is 0 Å². The summed E-state index contributed by atoms with van der Waals surface area (Å²) >= 11 is 0. The van der Waals surface area contributed by atoms with Crippen LogP contribution in [-0.4, -0.2) is 63.7 Å². The van der Waals surface area contributed by atoms with Crippen LogP contribution in [0.1, 0.15) is 49.1 Å². The monoisotopic (exact) mass is 461 g/mol. The van der Waals surface area contributed by atoms with Crippen molar-refractivity contribution in [3.63, 3.8) is 0 Å². The summed E-state index contributed by atoms with van der Waals surface area (Å²) in [6.45, 7) is 8.69. The molecule has 3 heterocycles. The number of hydrogen-bond donors (Lipinski definition) is 3. The van der Waals surface area contributed by atoms with Crippen molar-refractivity contribution in [2.45, 2.75) is 52.0 Å². The van der Waals surface area contributed by atoms with Gasteiger partial charge in [0.15, 0.2) is 11.5 Å². The lowest BCUT2D eigenvalue weighted by Gasteiger charge is -2.25. The number of ether oxygens (including phenoxy) is 1. The lowest BCUT2D eigenvalue weighted by Crippen LogP contribution is -2.36. The zero-order valence-electron chi connectivity index (χ0n) is 20.2. The largest absolute Gasteiger partial charge is 0.379 e. The Hall–Kier alpha value is -2.97. The van der Waals surface area contributed by atoms with Gasteiger partial charge in [0, 0.05) is 31.4 Å². The smallest absolute Gasteiger partial charge is 0.231 e. The summed E-state index contributed by atoms with van der Waals surface area (Å²) in [5.41, 5.74) is 4.91. The number of fused-ring (bicyclic) bond motifs is 1. The van der Waals surface area contributed by atoms with Crippen LogP contribution in [0.3, 0.4) is 0 Å². The van der Waals surface area contributed by atoms with Crippen LogP contribution in [0, 0.1) is 13.8 Å². The number of imidazole rings is 1. The van der Waals surface area contributed by atoms with Gasteiger partial charge < -0.3 is 20.4 Å². The molecule has 0 atom stereocenters. The van der Waals surface area contributed by atoms with Gasteiger partial charge in [-0.3, -0.25) is 4.90 Å². The Kier molecular flexibility index (Phi) is 7.06. The van der Waals surface area contributed by atoms with Crippen molar-refractivity contribution in [1.29, 1.82) is 0 Å². The summed E-state index contributed by atoms with van der Waals surface area (Å²) in [5.74, 6) is 2.24. The van der Waals surface area contributed by atoms with E-state index in [1.807, 2.05) is 6.92 Å². The highest BCUT2D eigenvalue weighted by Gasteiger charge is 2.18. The zero-order chi connectivity index (χ0) is 23.3. The highest BCUT2D eigenvalue weighted by molar-refractivity contribution is 5.85. The number of morpholine rings is 1. The number of H-pyrrole nitrogens is 1. The van der Waals surface area contributed by atoms with Gasteiger partial charge in [-0.05, 0) is 49.9 Å². The van der Waals surface area contributed by atoms with Crippen LogP contribution >= 0.6 is 0 Å². The van der Waals surface area contributed by atoms with Crippen molar-refractivity contribution in [1.82, 2.24) is 24.8 Å². The Morgan fingerprint density at radius 3 is 2.71 bits per heavy atom. The Morgan fingerprint density at radius 2 is 1.91 bits per heavy atom. The maximum atomic E-state index is 5.42. The molecule has 0 spiro atoms. The second-order valence-electron chi connectivity index (χ2n) is 9.41. The number of benzene rings is 1. The molecule has 0 amide bonds. The first-order valence-corrected chi connectivity index (χ1v) is 12.5. The SMILES string of the molecule is Cc1nc2nc(Nc3ccc(/C=C/CN4CCOCC4)cc3C)nc(NC3CCCCC3)c2[nH]1. The molecule has 3 N–H and O–H groups in total. The summed E-state index contributed by atoms with van der Waals surface area (Å²) in [7, 11) is 0. The minimum absolute atomic E-state index is 0.452. The second-order valence-corrected chi connectivity index (χ2v) is 9.41. The molecule has 0 unspecified atom stereocenters. The number of rotatable bonds is 7. The summed E-state index contributed by atoms with van der Waals surface area (Å²) in [6, 6.07) is 6.87. The first-order chi connectivity index (χ1) is 16.6. The van der Waals surface area contributed by atoms with E-state index in [2.05, 4.69) is 67.8 Å². The quantitative estimate of drug-likeness (QED) is 0.465. The third-order valence-corrected chi connectivity index (χ3v) is 6.69. The zero-order valence-corrected chi connectivity index (χ0v) is 20.2. The third-order valence-electron chi connectivity index (χ3n) is 6.69. The first-order valence-electron chi connectivity index (χ1n) is 12.5. The molecule has 2 fully saturated rings. The molecule has 1 aromatic carbocycles. The topological polar surface area (TPSA) is 91.0 Å². The minimum Gasteiger partial charge on any atom is -0.379 e. The van der Waals surface area contributed by atoms with E-state index in [4.69, 9.17) is 9.72 Å². The van der Waals surface area contributed by atoms with Crippen molar-refractivity contribution in [2.75, 3.05) is 43.5 Å². The molecule has 1 saturated carbocycles. The van der Waals surface area contributed by atoms with Crippen LogP contribution in [0.5, 0.6) is 0 Å². The van der Waals surface area contributed by atoms with Gasteiger partial charge in [-0.15, -0.1) is 0 Å². The van der Waals surface area contributed by atoms with Crippen LogP contribution in [0.25, 0.3) is 17.2 Å². The Labute approximate surface area is 201 Å². The molecular formula is C26H35N7O. The van der Waals surface area contributed by atoms with Gasteiger partial charge >= 0.3 is 0 Å². The summed E-state index contributed by atoms with van der Waals surface area (Å²) in [6.07, 6.45) is 10.6. The molecule has 8 heteroatoms. The number of anilines is 3. The van der Waals surface area contributed by atoms with Gasteiger partial charge in [-0.1, -0.05) is 37.5 Å². The van der Waals surface area contributed by atoms with Crippen LogP contribution in [0.4, 0.5) is 17.5 Å². The fourth-order valence-electron chi connectivity index (χ4n) is 4.79. The van der Waals surface area contributed by atoms with Gasteiger partial charge in [-0.2, -0.15) is 9.97 Å². The predicted molar refractivity (Wildman–Crippen MR) is 138 cm³/mol. The normalized spacial score (nSPS) is 18.1. The van der Waals surface area contributed by atoms with Crippen LogP contribution < -0.4 is 10.6 Å². The fraction of sp³-hybridized carbons (Fsp3) is 0.500. The lowest BCUT2D eigenvalue weighted by molar-refractivity contribution is 0.0435. The van der Waals surface area contributed by atoms with Crippen LogP contribution in [0.15, 0.2) is 24.3 Å². The van der Waals surface area contributed by atoms with E-state index >= 15 is 0 Å². The Bertz CT molecular complexity index is 1140. The molecule has 2 aromatic heterocycles. The minimum atomic E-state index is 0.452. The molecule has 5 rings (SSSR count). The van der Waals surface area contributed by atoms with E-state index in [1.165, 1.54) is 37.7 Å². The molecule has 1 aliphatic carbocycles. The second kappa shape index (κ2) is 10.5. The van der Waals surface area contributed by atoms with E-state index in [0.29, 0.717) is 17.6 Å². The average molecular weight is 462 g/mol. The van der Waals surface area contributed by atoms with Crippen LogP contribution in [-0.2, 0) is 4.74 Å². The number of nitrogens with zero attached hydrogens (tertiary/aromatic N) is 4. The average Bonchev–Trinajstić information content (AvgIpc) is 3.23. The molecule has 2 aliphatic rings. The first kappa shape index (κ1) is 22.8. The van der Waals surface area contributed by atoms with E-state index in [1.54, 1.807) is 0 Å². The van der Waals surface area contributed by atoms with E-state index in [0.717, 1.165) is 61.3 Å². The van der Waals surface area contributed by atoms with E-state index < -0.39 is 0 Å². The summed E-state index contributed by atoms with van der Waals surface area (Å²) in [5, 5.41) is 7.08. The van der Waals surface area contributed by atoms with Crippen molar-refractivity contribution >= 4 is 34.7 Å². The van der Waals surface area contributed by atoms with Gasteiger partial charge in [-0.25, -0.2) is 4.98 Å². The van der Waals surface area contributed by atoms with Gasteiger partial charge in [0.05, 0.1) is 13.2 Å². The van der Waals surface area contributed by atoms with E-state index in [9.17, 15) is 0 Å². The van der Waals surface area contributed by atoms with Crippen molar-refractivity contribution in [3.05, 3.63) is 41.2 Å². The number of aromatic nitrogens is 4. The molecule has 0 bridgehead atoms. The molecule has 34 heavy (non-hydrogen) atoms. The molecule has 180 valence electrons. The lowest BCUT2D eigenvalue weighted by atomic mass is 9.95. The molecule has 3 aromatic rings. The fourth-order valence-corrected chi connectivity index (χ4v) is 4.79. The Balaban J connectivity index is 1.31. The van der Waals surface area contributed by atoms with Crippen molar-refractivity contribution in [3.8, 4) is 0 Å². The van der Waals surface area contributed by atoms with Gasteiger partial charge in [0.1, 0.15) is 11.3 Å². The number of hydrogen-bond acceptors (Lipinski definition) is 7. The Morgan fingerprint density at radius 1 is 1.09 bits per heavy atom. The molecular weight excluding hydrogens is 426 g/mol. The maximum absolute atomic E-state index is 5.42. The summed E-state index contributed by atoms with van der Waals surface area (Å²) < 4.78 is 5.42. The molecule has 8 nitrogen and oxygen atoms in total. The molecule has 1 saturated heterocycles.